The molecule has 0 saturated carbocycles. The summed E-state index contributed by atoms with van der Waals surface area (Å²) in [6.07, 6.45) is 3.89. The van der Waals surface area contributed by atoms with E-state index in [-0.39, 0.29) is 22.8 Å². The maximum Gasteiger partial charge on any atom is 0.344 e. The van der Waals surface area contributed by atoms with E-state index in [1.165, 1.54) is 34.7 Å². The maximum atomic E-state index is 12.8. The Balaban J connectivity index is 1.31. The molecule has 0 saturated heterocycles. The molecule has 0 unspecified atom stereocenters. The van der Waals surface area contributed by atoms with Gasteiger partial charge in [0.15, 0.2) is 0 Å². The van der Waals surface area contributed by atoms with Gasteiger partial charge in [0.2, 0.25) is 0 Å². The number of rotatable bonds is 10. The summed E-state index contributed by atoms with van der Waals surface area (Å²) in [4.78, 5) is 27.4. The van der Waals surface area contributed by atoms with E-state index >= 15 is 0 Å². The van der Waals surface area contributed by atoms with E-state index in [1.54, 1.807) is 12.1 Å². The van der Waals surface area contributed by atoms with Crippen molar-refractivity contribution in [1.29, 1.82) is 0 Å². The van der Waals surface area contributed by atoms with Crippen molar-refractivity contribution in [3.8, 4) is 11.5 Å². The van der Waals surface area contributed by atoms with Crippen LogP contribution in [0.4, 0.5) is 0 Å². The monoisotopic (exact) mass is 646 g/mol. The van der Waals surface area contributed by atoms with E-state index in [1.807, 2.05) is 97.4 Å². The minimum Gasteiger partial charge on any atom is -0.423 e. The van der Waals surface area contributed by atoms with E-state index in [4.69, 9.17) is 9.47 Å². The van der Waals surface area contributed by atoms with Crippen LogP contribution in [-0.2, 0) is 10.8 Å². The van der Waals surface area contributed by atoms with Crippen molar-refractivity contribution in [3.05, 3.63) is 155 Å². The van der Waals surface area contributed by atoms with Crippen molar-refractivity contribution < 1.29 is 19.1 Å². The summed E-state index contributed by atoms with van der Waals surface area (Å²) < 4.78 is 11.4. The largest absolute Gasteiger partial charge is 0.423 e. The Morgan fingerprint density at radius 2 is 0.848 bits per heavy atom. The molecule has 5 aromatic carbocycles. The van der Waals surface area contributed by atoms with Gasteiger partial charge in [0.1, 0.15) is 11.5 Å². The first-order valence-electron chi connectivity index (χ1n) is 15.1. The summed E-state index contributed by atoms with van der Waals surface area (Å²) in [5.41, 5.74) is 5.10. The third kappa shape index (κ3) is 7.09. The van der Waals surface area contributed by atoms with Crippen LogP contribution in [0.2, 0.25) is 0 Å². The van der Waals surface area contributed by atoms with E-state index in [9.17, 15) is 9.59 Å². The lowest BCUT2D eigenvalue weighted by atomic mass is 9.73. The molecule has 0 bridgehead atoms. The Morgan fingerprint density at radius 3 is 1.22 bits per heavy atom. The molecule has 0 radical (unpaired) electrons. The second-order valence-corrected chi connectivity index (χ2v) is 13.8. The lowest BCUT2D eigenvalue weighted by molar-refractivity contribution is 0.0721. The zero-order valence-electron chi connectivity index (χ0n) is 27.0. The highest BCUT2D eigenvalue weighted by Crippen LogP contribution is 2.38. The molecular weight excluding hydrogens is 609 g/mol. The molecule has 46 heavy (non-hydrogen) atoms. The van der Waals surface area contributed by atoms with Gasteiger partial charge < -0.3 is 9.47 Å². The van der Waals surface area contributed by atoms with Crippen LogP contribution in [-0.4, -0.2) is 24.5 Å². The quantitative estimate of drug-likeness (QED) is 0.0855. The van der Waals surface area contributed by atoms with Crippen molar-refractivity contribution in [2.75, 3.05) is 12.5 Å². The van der Waals surface area contributed by atoms with Crippen molar-refractivity contribution in [2.24, 2.45) is 0 Å². The third-order valence-electron chi connectivity index (χ3n) is 8.53. The molecule has 234 valence electrons. The number of benzene rings is 5. The van der Waals surface area contributed by atoms with E-state index in [0.29, 0.717) is 22.6 Å². The van der Waals surface area contributed by atoms with Crippen LogP contribution in [0.25, 0.3) is 0 Å². The zero-order valence-corrected chi connectivity index (χ0v) is 28.6. The van der Waals surface area contributed by atoms with Crippen molar-refractivity contribution >= 4 is 35.5 Å². The number of carbonyl (C=O) groups excluding carboxylic acids is 2. The molecular formula is C40H38O4S2. The number of ether oxygens (including phenoxy) is 2. The number of hydrogen-bond donors (Lipinski definition) is 0. The summed E-state index contributed by atoms with van der Waals surface area (Å²) in [6, 6.07) is 39.2. The van der Waals surface area contributed by atoms with Crippen molar-refractivity contribution in [2.45, 2.75) is 48.3 Å². The Kier molecular flexibility index (Phi) is 10.1. The van der Waals surface area contributed by atoms with Crippen LogP contribution in [0.15, 0.2) is 131 Å². The van der Waals surface area contributed by atoms with Gasteiger partial charge in [0, 0.05) is 20.6 Å². The molecule has 0 aliphatic carbocycles. The van der Waals surface area contributed by atoms with Gasteiger partial charge in [0.05, 0.1) is 11.1 Å². The lowest BCUT2D eigenvalue weighted by Crippen LogP contribution is -2.23. The molecule has 4 nitrogen and oxygen atoms in total. The lowest BCUT2D eigenvalue weighted by Gasteiger charge is -2.31. The second-order valence-electron chi connectivity index (χ2n) is 12.1. The number of esters is 2. The van der Waals surface area contributed by atoms with Gasteiger partial charge in [-0.1, -0.05) is 100 Å². The van der Waals surface area contributed by atoms with Gasteiger partial charge in [-0.15, -0.1) is 23.5 Å². The minimum absolute atomic E-state index is 0.300. The first kappa shape index (κ1) is 33.1. The van der Waals surface area contributed by atoms with Gasteiger partial charge >= 0.3 is 11.9 Å². The van der Waals surface area contributed by atoms with Crippen LogP contribution in [0, 0.1) is 0 Å². The first-order chi connectivity index (χ1) is 22.0. The van der Waals surface area contributed by atoms with E-state index in [2.05, 4.69) is 52.0 Å². The highest BCUT2D eigenvalue weighted by molar-refractivity contribution is 7.99. The SMILES string of the molecule is CSc1ccccc1C(=O)Oc1ccc(C(C)(C)c2cccc(C(C)(C)c3ccc(OC(=O)c4ccccc4SC)cc3)c2)cc1. The van der Waals surface area contributed by atoms with E-state index in [0.717, 1.165) is 20.9 Å². The predicted molar refractivity (Wildman–Crippen MR) is 190 cm³/mol. The second kappa shape index (κ2) is 14.0. The molecule has 0 spiro atoms. The molecule has 0 heterocycles. The Hall–Kier alpha value is -4.26. The molecule has 0 aliphatic heterocycles. The smallest absolute Gasteiger partial charge is 0.344 e. The molecule has 5 aromatic rings. The number of carbonyl (C=O) groups is 2. The summed E-state index contributed by atoms with van der Waals surface area (Å²) >= 11 is 3.04. The Labute approximate surface area is 280 Å². The minimum atomic E-state index is -0.362. The van der Waals surface area contributed by atoms with Gasteiger partial charge in [-0.2, -0.15) is 0 Å². The normalized spacial score (nSPS) is 11.6. The van der Waals surface area contributed by atoms with Crippen LogP contribution in [0.3, 0.4) is 0 Å². The van der Waals surface area contributed by atoms with Gasteiger partial charge in [-0.05, 0) is 83.3 Å². The van der Waals surface area contributed by atoms with E-state index < -0.39 is 0 Å². The van der Waals surface area contributed by atoms with Gasteiger partial charge in [-0.25, -0.2) is 9.59 Å². The molecule has 5 rings (SSSR count). The Morgan fingerprint density at radius 1 is 0.478 bits per heavy atom. The first-order valence-corrected chi connectivity index (χ1v) is 17.5. The Bertz CT molecular complexity index is 1710. The highest BCUT2D eigenvalue weighted by atomic mass is 32.2. The molecule has 0 aromatic heterocycles. The fraction of sp³-hybridized carbons (Fsp3) is 0.200. The molecule has 6 heteroatoms. The topological polar surface area (TPSA) is 52.6 Å². The summed E-state index contributed by atoms with van der Waals surface area (Å²) in [5, 5.41) is 0. The summed E-state index contributed by atoms with van der Waals surface area (Å²) in [5.74, 6) is 0.300. The van der Waals surface area contributed by atoms with Crippen molar-refractivity contribution in [3.63, 3.8) is 0 Å². The standard InChI is InChI=1S/C40H38O4S2/c1-39(2,27-18-22-31(23-19-27)43-37(41)33-14-7-9-16-35(33)45-5)29-12-11-13-30(26-29)40(3,4)28-20-24-32(25-21-28)44-38(42)34-15-8-10-17-36(34)46-6/h7-26H,1-6H3. The highest BCUT2D eigenvalue weighted by Gasteiger charge is 2.28. The zero-order chi connectivity index (χ0) is 32.9. The van der Waals surface area contributed by atoms with Gasteiger partial charge in [0.25, 0.3) is 0 Å². The molecule has 0 amide bonds. The average molecular weight is 647 g/mol. The summed E-state index contributed by atoms with van der Waals surface area (Å²) in [7, 11) is 0. The fourth-order valence-corrected chi connectivity index (χ4v) is 6.63. The van der Waals surface area contributed by atoms with Gasteiger partial charge in [-0.3, -0.25) is 0 Å². The number of hydrogen-bond acceptors (Lipinski definition) is 6. The van der Waals surface area contributed by atoms with Crippen LogP contribution in [0.1, 0.15) is 70.7 Å². The molecule has 0 atom stereocenters. The number of thioether (sulfide) groups is 2. The molecule has 0 fully saturated rings. The van der Waals surface area contributed by atoms with Crippen LogP contribution in [0.5, 0.6) is 11.5 Å². The average Bonchev–Trinajstić information content (AvgIpc) is 3.08. The maximum absolute atomic E-state index is 12.8. The predicted octanol–water partition coefficient (Wildman–Crippen LogP) is 10.2. The summed E-state index contributed by atoms with van der Waals surface area (Å²) in [6.45, 7) is 8.81. The molecule has 0 aliphatic rings. The fourth-order valence-electron chi connectivity index (χ4n) is 5.46. The van der Waals surface area contributed by atoms with Crippen molar-refractivity contribution in [1.82, 2.24) is 0 Å². The van der Waals surface area contributed by atoms with Crippen LogP contribution < -0.4 is 9.47 Å². The third-order valence-corrected chi connectivity index (χ3v) is 10.1. The molecule has 0 N–H and O–H groups in total. The van der Waals surface area contributed by atoms with Crippen LogP contribution >= 0.6 is 23.5 Å².